The maximum Gasteiger partial charge on any atom is 0.261 e. The molecule has 0 bridgehead atoms. The summed E-state index contributed by atoms with van der Waals surface area (Å²) < 4.78 is 27.5. The Morgan fingerprint density at radius 3 is 2.67 bits per heavy atom. The molecule has 6 heteroatoms. The molecule has 0 unspecified atom stereocenters. The third kappa shape index (κ3) is 2.89. The van der Waals surface area contributed by atoms with Crippen LogP contribution in [0.5, 0.6) is 0 Å². The van der Waals surface area contributed by atoms with Gasteiger partial charge in [-0.15, -0.1) is 0 Å². The predicted molar refractivity (Wildman–Crippen MR) is 83.3 cm³/mol. The molecule has 1 aliphatic rings. The van der Waals surface area contributed by atoms with Gasteiger partial charge in [0.15, 0.2) is 0 Å². The van der Waals surface area contributed by atoms with Gasteiger partial charge in [0.1, 0.15) is 5.15 Å². The zero-order valence-electron chi connectivity index (χ0n) is 11.6. The number of aryl methyl sites for hydroxylation is 3. The third-order valence-electron chi connectivity index (χ3n) is 3.68. The van der Waals surface area contributed by atoms with Crippen LogP contribution < -0.4 is 4.72 Å². The van der Waals surface area contributed by atoms with E-state index in [1.807, 2.05) is 6.07 Å². The number of benzene rings is 1. The minimum atomic E-state index is -3.60. The van der Waals surface area contributed by atoms with Crippen LogP contribution in [0.1, 0.15) is 23.2 Å². The topological polar surface area (TPSA) is 59.1 Å². The van der Waals surface area contributed by atoms with E-state index in [1.54, 1.807) is 31.2 Å². The number of nitrogens with zero attached hydrogens (tertiary/aromatic N) is 1. The van der Waals surface area contributed by atoms with Gasteiger partial charge in [-0.3, -0.25) is 4.72 Å². The van der Waals surface area contributed by atoms with Crippen LogP contribution in [-0.2, 0) is 22.9 Å². The van der Waals surface area contributed by atoms with Gasteiger partial charge < -0.3 is 0 Å². The van der Waals surface area contributed by atoms with Crippen LogP contribution in [0.3, 0.4) is 0 Å². The number of sulfonamides is 1. The van der Waals surface area contributed by atoms with E-state index < -0.39 is 10.0 Å². The first-order valence-corrected chi connectivity index (χ1v) is 8.59. The fraction of sp³-hybridized carbons (Fsp3) is 0.267. The molecule has 21 heavy (non-hydrogen) atoms. The van der Waals surface area contributed by atoms with E-state index in [2.05, 4.69) is 9.71 Å². The Morgan fingerprint density at radius 1 is 1.14 bits per heavy atom. The van der Waals surface area contributed by atoms with Gasteiger partial charge in [-0.25, -0.2) is 13.4 Å². The number of hydrogen-bond acceptors (Lipinski definition) is 3. The molecule has 2 aromatic rings. The summed E-state index contributed by atoms with van der Waals surface area (Å²) in [6.07, 6.45) is 3.07. The van der Waals surface area contributed by atoms with E-state index in [0.717, 1.165) is 24.8 Å². The largest absolute Gasteiger partial charge is 0.278 e. The summed E-state index contributed by atoms with van der Waals surface area (Å²) in [6, 6.07) is 8.52. The molecule has 1 heterocycles. The molecular weight excluding hydrogens is 308 g/mol. The molecular formula is C15H15ClN2O2S. The Balaban J connectivity index is 1.93. The quantitative estimate of drug-likeness (QED) is 0.882. The molecule has 1 N–H and O–H groups in total. The Hall–Kier alpha value is -1.59. The van der Waals surface area contributed by atoms with Crippen LogP contribution in [0.25, 0.3) is 0 Å². The van der Waals surface area contributed by atoms with Gasteiger partial charge in [0.2, 0.25) is 0 Å². The lowest BCUT2D eigenvalue weighted by Crippen LogP contribution is -2.14. The van der Waals surface area contributed by atoms with Gasteiger partial charge in [-0.1, -0.05) is 17.7 Å². The highest BCUT2D eigenvalue weighted by atomic mass is 35.5. The molecule has 0 radical (unpaired) electrons. The van der Waals surface area contributed by atoms with Crippen LogP contribution in [0, 0.1) is 6.92 Å². The molecule has 0 fully saturated rings. The standard InChI is InChI=1S/C15H15ClN2O2S/c1-10-14(7-8-15(16)17-10)18-21(19,20)13-6-5-11-3-2-4-12(11)9-13/h5-9,18H,2-4H2,1H3. The van der Waals surface area contributed by atoms with E-state index in [1.165, 1.54) is 5.56 Å². The molecule has 0 amide bonds. The summed E-state index contributed by atoms with van der Waals surface area (Å²) in [6.45, 7) is 1.71. The number of rotatable bonds is 3. The monoisotopic (exact) mass is 322 g/mol. The Labute approximate surface area is 129 Å². The number of aromatic nitrogens is 1. The number of pyridine rings is 1. The summed E-state index contributed by atoms with van der Waals surface area (Å²) >= 11 is 5.78. The second kappa shape index (κ2) is 5.31. The van der Waals surface area contributed by atoms with Crippen molar-refractivity contribution >= 4 is 27.3 Å². The fourth-order valence-electron chi connectivity index (χ4n) is 2.56. The van der Waals surface area contributed by atoms with Crippen molar-refractivity contribution in [1.29, 1.82) is 0 Å². The van der Waals surface area contributed by atoms with Crippen LogP contribution >= 0.6 is 11.6 Å². The Kier molecular flexibility index (Phi) is 3.63. The second-order valence-corrected chi connectivity index (χ2v) is 7.23. The minimum absolute atomic E-state index is 0.289. The van der Waals surface area contributed by atoms with Crippen molar-refractivity contribution in [3.63, 3.8) is 0 Å². The van der Waals surface area contributed by atoms with E-state index >= 15 is 0 Å². The molecule has 0 spiro atoms. The molecule has 0 saturated carbocycles. The first-order chi connectivity index (χ1) is 9.95. The highest BCUT2D eigenvalue weighted by Gasteiger charge is 2.19. The first-order valence-electron chi connectivity index (χ1n) is 6.73. The van der Waals surface area contributed by atoms with Crippen molar-refractivity contribution in [3.05, 3.63) is 52.3 Å². The third-order valence-corrected chi connectivity index (χ3v) is 5.25. The molecule has 4 nitrogen and oxygen atoms in total. The zero-order valence-corrected chi connectivity index (χ0v) is 13.1. The lowest BCUT2D eigenvalue weighted by Gasteiger charge is -2.11. The summed E-state index contributed by atoms with van der Waals surface area (Å²) in [5.74, 6) is 0. The van der Waals surface area contributed by atoms with E-state index in [-0.39, 0.29) is 4.90 Å². The second-order valence-electron chi connectivity index (χ2n) is 5.16. The van der Waals surface area contributed by atoms with Gasteiger partial charge >= 0.3 is 0 Å². The number of fused-ring (bicyclic) bond motifs is 1. The highest BCUT2D eigenvalue weighted by molar-refractivity contribution is 7.92. The fourth-order valence-corrected chi connectivity index (χ4v) is 3.91. The maximum atomic E-state index is 12.5. The smallest absolute Gasteiger partial charge is 0.261 e. The minimum Gasteiger partial charge on any atom is -0.278 e. The van der Waals surface area contributed by atoms with Gasteiger partial charge in [0.25, 0.3) is 10.0 Å². The molecule has 0 aliphatic heterocycles. The first kappa shape index (κ1) is 14.4. The number of halogens is 1. The van der Waals surface area contributed by atoms with E-state index in [4.69, 9.17) is 11.6 Å². The number of hydrogen-bond donors (Lipinski definition) is 1. The van der Waals surface area contributed by atoms with Gasteiger partial charge in [-0.05, 0) is 61.6 Å². The van der Waals surface area contributed by atoms with Crippen molar-refractivity contribution < 1.29 is 8.42 Å². The van der Waals surface area contributed by atoms with E-state index in [9.17, 15) is 8.42 Å². The molecule has 0 saturated heterocycles. The van der Waals surface area contributed by atoms with Crippen LogP contribution in [0.4, 0.5) is 5.69 Å². The Bertz CT molecular complexity index is 803. The highest BCUT2D eigenvalue weighted by Crippen LogP contribution is 2.26. The summed E-state index contributed by atoms with van der Waals surface area (Å²) in [7, 11) is -3.60. The van der Waals surface area contributed by atoms with Gasteiger partial charge in [0, 0.05) is 0 Å². The average molecular weight is 323 g/mol. The summed E-state index contributed by atoms with van der Waals surface area (Å²) in [5, 5.41) is 0.341. The van der Waals surface area contributed by atoms with Crippen LogP contribution in [0.15, 0.2) is 35.2 Å². The molecule has 110 valence electrons. The maximum absolute atomic E-state index is 12.5. The van der Waals surface area contributed by atoms with E-state index in [0.29, 0.717) is 16.5 Å². The van der Waals surface area contributed by atoms with Gasteiger partial charge in [0.05, 0.1) is 16.3 Å². The predicted octanol–water partition coefficient (Wildman–Crippen LogP) is 3.33. The van der Waals surface area contributed by atoms with Crippen molar-refractivity contribution in [2.24, 2.45) is 0 Å². The van der Waals surface area contributed by atoms with Crippen molar-refractivity contribution in [3.8, 4) is 0 Å². The zero-order chi connectivity index (χ0) is 15.0. The lowest BCUT2D eigenvalue weighted by atomic mass is 10.1. The average Bonchev–Trinajstić information content (AvgIpc) is 2.89. The molecule has 3 rings (SSSR count). The van der Waals surface area contributed by atoms with Gasteiger partial charge in [-0.2, -0.15) is 0 Å². The lowest BCUT2D eigenvalue weighted by molar-refractivity contribution is 0.601. The molecule has 1 aromatic heterocycles. The van der Waals surface area contributed by atoms with Crippen molar-refractivity contribution in [1.82, 2.24) is 4.98 Å². The molecule has 0 atom stereocenters. The van der Waals surface area contributed by atoms with Crippen LogP contribution in [0.2, 0.25) is 5.15 Å². The summed E-state index contributed by atoms with van der Waals surface area (Å²) in [4.78, 5) is 4.34. The SMILES string of the molecule is Cc1nc(Cl)ccc1NS(=O)(=O)c1ccc2c(c1)CCC2. The molecule has 1 aromatic carbocycles. The Morgan fingerprint density at radius 2 is 1.90 bits per heavy atom. The number of anilines is 1. The summed E-state index contributed by atoms with van der Waals surface area (Å²) in [5.41, 5.74) is 3.37. The number of nitrogens with one attached hydrogen (secondary N) is 1. The normalized spacial score (nSPS) is 14.0. The van der Waals surface area contributed by atoms with Crippen molar-refractivity contribution in [2.45, 2.75) is 31.1 Å². The van der Waals surface area contributed by atoms with Crippen LogP contribution in [-0.4, -0.2) is 13.4 Å². The molecule has 1 aliphatic carbocycles. The van der Waals surface area contributed by atoms with Crippen molar-refractivity contribution in [2.75, 3.05) is 4.72 Å².